The van der Waals surface area contributed by atoms with Gasteiger partial charge in [-0.3, -0.25) is 19.4 Å². The van der Waals surface area contributed by atoms with Crippen molar-refractivity contribution >= 4 is 23.7 Å². The molecule has 1 aliphatic carbocycles. The van der Waals surface area contributed by atoms with E-state index in [0.29, 0.717) is 18.8 Å². The molecule has 1 aliphatic heterocycles. The summed E-state index contributed by atoms with van der Waals surface area (Å²) in [6, 6.07) is 8.09. The molecular formula is C31H39N3O4. The maximum absolute atomic E-state index is 13.8. The topological polar surface area (TPSA) is 101 Å². The predicted molar refractivity (Wildman–Crippen MR) is 150 cm³/mol. The fourth-order valence-electron chi connectivity index (χ4n) is 5.59. The monoisotopic (exact) mass is 517 g/mol. The quantitative estimate of drug-likeness (QED) is 0.440. The highest BCUT2D eigenvalue weighted by Gasteiger charge is 2.39. The van der Waals surface area contributed by atoms with E-state index in [1.165, 1.54) is 0 Å². The Morgan fingerprint density at radius 2 is 1.84 bits per heavy atom. The van der Waals surface area contributed by atoms with Crippen LogP contribution in [0.1, 0.15) is 87.1 Å². The summed E-state index contributed by atoms with van der Waals surface area (Å²) in [5.74, 6) is -0.735. The Kier molecular flexibility index (Phi) is 8.05. The van der Waals surface area contributed by atoms with Crippen molar-refractivity contribution in [2.24, 2.45) is 16.3 Å². The molecule has 2 heterocycles. The lowest BCUT2D eigenvalue weighted by atomic mass is 9.73. The third-order valence-electron chi connectivity index (χ3n) is 7.81. The molecule has 2 aromatic rings. The van der Waals surface area contributed by atoms with Gasteiger partial charge >= 0.3 is 5.97 Å². The molecule has 1 amide bonds. The van der Waals surface area contributed by atoms with Gasteiger partial charge in [0.05, 0.1) is 6.42 Å². The highest BCUT2D eigenvalue weighted by molar-refractivity contribution is 5.85. The average molecular weight is 518 g/mol. The van der Waals surface area contributed by atoms with Gasteiger partial charge in [-0.1, -0.05) is 45.0 Å². The number of allylic oxidation sites excluding steroid dienone is 1. The second-order valence-electron chi connectivity index (χ2n) is 11.7. The fraction of sp³-hybridized carbons (Fsp3) is 0.484. The van der Waals surface area contributed by atoms with Crippen molar-refractivity contribution in [3.05, 3.63) is 75.3 Å². The lowest BCUT2D eigenvalue weighted by Crippen LogP contribution is -2.51. The van der Waals surface area contributed by atoms with E-state index >= 15 is 0 Å². The minimum Gasteiger partial charge on any atom is -0.481 e. The van der Waals surface area contributed by atoms with E-state index in [1.54, 1.807) is 16.8 Å². The number of carboxylic acids is 1. The number of rotatable bonds is 10. The molecule has 202 valence electrons. The standard InChI is InChI=1S/C31H39N3O4/c1-19(2)13-25(34-17-23(22-9-10-22)11-12-27(34)35)30(38)33-26(14-28(36)37)31(5)15-24(16-32-18-31)29-20(3)7-6-8-21(29)4/h6-8,11-12,16-19,22,25-26H,9-10,13-15H2,1-5H3,(H,33,38)(H,36,37)/t25-,26+,31?/m0/s1. The van der Waals surface area contributed by atoms with E-state index in [9.17, 15) is 19.5 Å². The van der Waals surface area contributed by atoms with Crippen LogP contribution in [-0.2, 0) is 9.59 Å². The Morgan fingerprint density at radius 3 is 2.45 bits per heavy atom. The van der Waals surface area contributed by atoms with Gasteiger partial charge in [-0.05, 0) is 79.2 Å². The van der Waals surface area contributed by atoms with E-state index in [1.807, 2.05) is 45.3 Å². The van der Waals surface area contributed by atoms with Crippen molar-refractivity contribution in [2.75, 3.05) is 0 Å². The number of nitrogens with one attached hydrogen (secondary N) is 1. The highest BCUT2D eigenvalue weighted by Crippen LogP contribution is 2.41. The van der Waals surface area contributed by atoms with Crippen LogP contribution in [0.15, 0.2) is 52.5 Å². The molecular weight excluding hydrogens is 478 g/mol. The number of carboxylic acid groups (broad SMARTS) is 1. The number of carbonyl (C=O) groups is 2. The predicted octanol–water partition coefficient (Wildman–Crippen LogP) is 5.41. The van der Waals surface area contributed by atoms with Crippen molar-refractivity contribution < 1.29 is 14.7 Å². The van der Waals surface area contributed by atoms with Gasteiger partial charge in [-0.25, -0.2) is 0 Å². The maximum atomic E-state index is 13.8. The van der Waals surface area contributed by atoms with Gasteiger partial charge in [0, 0.05) is 36.1 Å². The van der Waals surface area contributed by atoms with E-state index in [-0.39, 0.29) is 23.8 Å². The van der Waals surface area contributed by atoms with Crippen LogP contribution in [0.3, 0.4) is 0 Å². The molecule has 1 aromatic carbocycles. The Balaban J connectivity index is 1.64. The minimum absolute atomic E-state index is 0.158. The Labute approximate surface area is 224 Å². The van der Waals surface area contributed by atoms with Gasteiger partial charge in [0.2, 0.25) is 5.91 Å². The molecule has 7 heteroatoms. The second kappa shape index (κ2) is 11.1. The lowest BCUT2D eigenvalue weighted by molar-refractivity contribution is -0.138. The number of aliphatic carboxylic acids is 1. The number of hydrogen-bond donors (Lipinski definition) is 2. The number of benzene rings is 1. The number of aryl methyl sites for hydroxylation is 2. The van der Waals surface area contributed by atoms with Gasteiger partial charge in [-0.15, -0.1) is 0 Å². The molecule has 38 heavy (non-hydrogen) atoms. The summed E-state index contributed by atoms with van der Waals surface area (Å²) in [6.45, 7) is 10.1. The van der Waals surface area contributed by atoms with Crippen molar-refractivity contribution in [3.8, 4) is 0 Å². The maximum Gasteiger partial charge on any atom is 0.305 e. The summed E-state index contributed by atoms with van der Waals surface area (Å²) >= 11 is 0. The van der Waals surface area contributed by atoms with E-state index in [4.69, 9.17) is 0 Å². The van der Waals surface area contributed by atoms with Gasteiger partial charge in [0.1, 0.15) is 6.04 Å². The smallest absolute Gasteiger partial charge is 0.305 e. The molecule has 1 unspecified atom stereocenters. The normalized spacial score (nSPS) is 20.6. The van der Waals surface area contributed by atoms with Crippen LogP contribution in [0.25, 0.3) is 5.57 Å². The molecule has 4 rings (SSSR count). The van der Waals surface area contributed by atoms with Crippen LogP contribution in [-0.4, -0.2) is 33.8 Å². The first-order valence-corrected chi connectivity index (χ1v) is 13.5. The molecule has 1 aromatic heterocycles. The van der Waals surface area contributed by atoms with Gasteiger partial charge < -0.3 is 15.0 Å². The number of aliphatic imine (C=N–C) groups is 1. The molecule has 1 saturated carbocycles. The van der Waals surface area contributed by atoms with Crippen molar-refractivity contribution in [1.29, 1.82) is 0 Å². The molecule has 0 radical (unpaired) electrons. The van der Waals surface area contributed by atoms with Crippen LogP contribution >= 0.6 is 0 Å². The molecule has 0 spiro atoms. The number of aromatic nitrogens is 1. The number of amides is 1. The van der Waals surface area contributed by atoms with E-state index in [2.05, 4.69) is 36.3 Å². The first-order chi connectivity index (χ1) is 18.0. The van der Waals surface area contributed by atoms with Crippen LogP contribution in [0, 0.1) is 25.2 Å². The molecule has 0 saturated heterocycles. The molecule has 3 atom stereocenters. The largest absolute Gasteiger partial charge is 0.481 e. The van der Waals surface area contributed by atoms with Crippen molar-refractivity contribution in [1.82, 2.24) is 9.88 Å². The Bertz CT molecular complexity index is 1310. The summed E-state index contributed by atoms with van der Waals surface area (Å²) in [7, 11) is 0. The summed E-state index contributed by atoms with van der Waals surface area (Å²) in [5, 5.41) is 12.9. The third-order valence-corrected chi connectivity index (χ3v) is 7.81. The number of carbonyl (C=O) groups excluding carboxylic acids is 1. The number of pyridine rings is 1. The Morgan fingerprint density at radius 1 is 1.16 bits per heavy atom. The summed E-state index contributed by atoms with van der Waals surface area (Å²) in [4.78, 5) is 43.2. The summed E-state index contributed by atoms with van der Waals surface area (Å²) in [6.07, 6.45) is 8.35. The summed E-state index contributed by atoms with van der Waals surface area (Å²) in [5.41, 5.74) is 4.50. The second-order valence-corrected chi connectivity index (χ2v) is 11.7. The fourth-order valence-corrected chi connectivity index (χ4v) is 5.59. The van der Waals surface area contributed by atoms with Crippen LogP contribution < -0.4 is 10.9 Å². The minimum atomic E-state index is -0.999. The molecule has 7 nitrogen and oxygen atoms in total. The molecule has 0 bridgehead atoms. The lowest BCUT2D eigenvalue weighted by Gasteiger charge is -2.38. The zero-order valence-electron chi connectivity index (χ0n) is 23.0. The number of hydrogen-bond acceptors (Lipinski definition) is 4. The summed E-state index contributed by atoms with van der Waals surface area (Å²) < 4.78 is 1.54. The Hall–Kier alpha value is -3.48. The molecule has 1 fully saturated rings. The average Bonchev–Trinajstić information content (AvgIpc) is 3.68. The zero-order valence-corrected chi connectivity index (χ0v) is 23.0. The SMILES string of the molecule is Cc1cccc(C)c1C1=CN=CC(C)([C@@H](CC(=O)O)NC(=O)[C@H](CC(C)C)n2cc(C3CC3)ccc2=O)C1. The number of nitrogens with zero attached hydrogens (tertiary/aromatic N) is 2. The third kappa shape index (κ3) is 6.14. The first kappa shape index (κ1) is 27.6. The van der Waals surface area contributed by atoms with Gasteiger partial charge in [0.25, 0.3) is 5.56 Å². The van der Waals surface area contributed by atoms with Crippen LogP contribution in [0.2, 0.25) is 0 Å². The first-order valence-electron chi connectivity index (χ1n) is 13.5. The molecule has 2 N–H and O–H groups in total. The van der Waals surface area contributed by atoms with Crippen molar-refractivity contribution in [3.63, 3.8) is 0 Å². The highest BCUT2D eigenvalue weighted by atomic mass is 16.4. The van der Waals surface area contributed by atoms with E-state index < -0.39 is 23.5 Å². The molecule has 2 aliphatic rings. The van der Waals surface area contributed by atoms with Crippen LogP contribution in [0.5, 0.6) is 0 Å². The van der Waals surface area contributed by atoms with Gasteiger partial charge in [-0.2, -0.15) is 0 Å². The van der Waals surface area contributed by atoms with Gasteiger partial charge in [0.15, 0.2) is 0 Å². The zero-order chi connectivity index (χ0) is 27.6. The van der Waals surface area contributed by atoms with Crippen molar-refractivity contribution in [2.45, 2.75) is 84.7 Å². The van der Waals surface area contributed by atoms with E-state index in [0.717, 1.165) is 40.7 Å². The van der Waals surface area contributed by atoms with Crippen LogP contribution in [0.4, 0.5) is 0 Å².